The lowest BCUT2D eigenvalue weighted by molar-refractivity contribution is -0.137. The Balaban J connectivity index is 2.75. The van der Waals surface area contributed by atoms with Crippen LogP contribution in [0.5, 0.6) is 0 Å². The Morgan fingerprint density at radius 3 is 2.80 bits per heavy atom. The Hall–Kier alpha value is -1.50. The van der Waals surface area contributed by atoms with E-state index in [4.69, 9.17) is 5.11 Å². The molecule has 0 saturated heterocycles. The molecule has 0 spiro atoms. The molecule has 1 aromatic heterocycles. The Labute approximate surface area is 87.7 Å². The van der Waals surface area contributed by atoms with Crippen LogP contribution in [0.4, 0.5) is 0 Å². The van der Waals surface area contributed by atoms with Crippen molar-refractivity contribution in [2.45, 2.75) is 25.9 Å². The van der Waals surface area contributed by atoms with Gasteiger partial charge in [0.05, 0.1) is 19.0 Å². The van der Waals surface area contributed by atoms with E-state index >= 15 is 0 Å². The summed E-state index contributed by atoms with van der Waals surface area (Å²) in [6, 6.07) is -0.229. The lowest BCUT2D eigenvalue weighted by atomic mass is 10.2. The number of aromatic nitrogens is 4. The normalized spacial score (nSPS) is 13.1. The summed E-state index contributed by atoms with van der Waals surface area (Å²) in [7, 11) is 3.81. The number of carboxylic acids is 1. The molecule has 0 amide bonds. The zero-order chi connectivity index (χ0) is 11.4. The SMILES string of the molecule is CC(CC(=O)O)n1nnnc1CN(C)C. The van der Waals surface area contributed by atoms with E-state index in [1.165, 1.54) is 0 Å². The van der Waals surface area contributed by atoms with Crippen molar-refractivity contribution < 1.29 is 9.90 Å². The molecule has 84 valence electrons. The number of tetrazole rings is 1. The molecule has 7 nitrogen and oxygen atoms in total. The van der Waals surface area contributed by atoms with Gasteiger partial charge < -0.3 is 10.0 Å². The van der Waals surface area contributed by atoms with Crippen LogP contribution >= 0.6 is 0 Å². The minimum atomic E-state index is -0.853. The average Bonchev–Trinajstić information content (AvgIpc) is 2.49. The largest absolute Gasteiger partial charge is 0.481 e. The van der Waals surface area contributed by atoms with E-state index in [9.17, 15) is 4.79 Å². The van der Waals surface area contributed by atoms with Crippen LogP contribution in [-0.4, -0.2) is 50.3 Å². The van der Waals surface area contributed by atoms with E-state index < -0.39 is 5.97 Å². The summed E-state index contributed by atoms with van der Waals surface area (Å²) in [6.07, 6.45) is 0.0193. The van der Waals surface area contributed by atoms with Gasteiger partial charge in [-0.15, -0.1) is 5.10 Å². The monoisotopic (exact) mass is 213 g/mol. The van der Waals surface area contributed by atoms with Crippen LogP contribution < -0.4 is 0 Å². The topological polar surface area (TPSA) is 84.1 Å². The smallest absolute Gasteiger partial charge is 0.305 e. The van der Waals surface area contributed by atoms with Crippen LogP contribution in [0.15, 0.2) is 0 Å². The van der Waals surface area contributed by atoms with Crippen molar-refractivity contribution in [3.05, 3.63) is 5.82 Å². The van der Waals surface area contributed by atoms with E-state index in [1.54, 1.807) is 11.6 Å². The first-order valence-electron chi connectivity index (χ1n) is 4.64. The standard InChI is InChI=1S/C8H15N5O2/c1-6(4-8(14)15)13-7(5-12(2)3)9-10-11-13/h6H,4-5H2,1-3H3,(H,14,15). The maximum Gasteiger partial charge on any atom is 0.305 e. The molecule has 7 heteroatoms. The van der Waals surface area contributed by atoms with Crippen LogP contribution in [-0.2, 0) is 11.3 Å². The molecule has 0 aliphatic heterocycles. The van der Waals surface area contributed by atoms with Crippen molar-refractivity contribution in [3.63, 3.8) is 0 Å². The molecule has 0 aromatic carbocycles. The van der Waals surface area contributed by atoms with E-state index in [0.29, 0.717) is 12.4 Å². The van der Waals surface area contributed by atoms with Crippen LogP contribution in [0, 0.1) is 0 Å². The fourth-order valence-electron chi connectivity index (χ4n) is 1.28. The van der Waals surface area contributed by atoms with Gasteiger partial charge in [-0.3, -0.25) is 4.79 Å². The number of carbonyl (C=O) groups is 1. The molecular formula is C8H15N5O2. The number of rotatable bonds is 5. The molecule has 15 heavy (non-hydrogen) atoms. The Kier molecular flexibility index (Phi) is 3.73. The fraction of sp³-hybridized carbons (Fsp3) is 0.750. The first-order chi connectivity index (χ1) is 7.00. The molecule has 1 rings (SSSR count). The van der Waals surface area contributed by atoms with Crippen molar-refractivity contribution in [2.24, 2.45) is 0 Å². The maximum atomic E-state index is 10.5. The third kappa shape index (κ3) is 3.28. The van der Waals surface area contributed by atoms with E-state index in [-0.39, 0.29) is 12.5 Å². The molecule has 0 fully saturated rings. The molecule has 1 unspecified atom stereocenters. The zero-order valence-electron chi connectivity index (χ0n) is 9.08. The van der Waals surface area contributed by atoms with Crippen molar-refractivity contribution in [2.75, 3.05) is 14.1 Å². The van der Waals surface area contributed by atoms with Crippen molar-refractivity contribution in [3.8, 4) is 0 Å². The molecular weight excluding hydrogens is 198 g/mol. The van der Waals surface area contributed by atoms with Crippen molar-refractivity contribution >= 4 is 5.97 Å². The van der Waals surface area contributed by atoms with Gasteiger partial charge in [0.2, 0.25) is 0 Å². The van der Waals surface area contributed by atoms with Gasteiger partial charge in [-0.1, -0.05) is 0 Å². The number of nitrogens with zero attached hydrogens (tertiary/aromatic N) is 5. The Bertz CT molecular complexity index is 336. The number of carboxylic acid groups (broad SMARTS) is 1. The third-order valence-corrected chi connectivity index (χ3v) is 1.91. The molecule has 0 bridgehead atoms. The zero-order valence-corrected chi connectivity index (χ0v) is 9.08. The summed E-state index contributed by atoms with van der Waals surface area (Å²) in [5.74, 6) is -0.178. The summed E-state index contributed by atoms with van der Waals surface area (Å²) >= 11 is 0. The Morgan fingerprint density at radius 1 is 1.60 bits per heavy atom. The van der Waals surface area contributed by atoms with Crippen molar-refractivity contribution in [1.29, 1.82) is 0 Å². The van der Waals surface area contributed by atoms with Crippen LogP contribution in [0.3, 0.4) is 0 Å². The first kappa shape index (κ1) is 11.6. The van der Waals surface area contributed by atoms with Crippen LogP contribution in [0.2, 0.25) is 0 Å². The third-order valence-electron chi connectivity index (χ3n) is 1.91. The Morgan fingerprint density at radius 2 is 2.27 bits per heavy atom. The quantitative estimate of drug-likeness (QED) is 0.727. The molecule has 0 radical (unpaired) electrons. The minimum absolute atomic E-state index is 0.0193. The number of hydrogen-bond acceptors (Lipinski definition) is 5. The van der Waals surface area contributed by atoms with Crippen molar-refractivity contribution in [1.82, 2.24) is 25.1 Å². The highest BCUT2D eigenvalue weighted by Gasteiger charge is 2.15. The van der Waals surface area contributed by atoms with Crippen LogP contribution in [0.25, 0.3) is 0 Å². The lowest BCUT2D eigenvalue weighted by Crippen LogP contribution is -2.19. The summed E-state index contributed by atoms with van der Waals surface area (Å²) in [5, 5.41) is 19.8. The summed E-state index contributed by atoms with van der Waals surface area (Å²) in [5.41, 5.74) is 0. The highest BCUT2D eigenvalue weighted by atomic mass is 16.4. The second-order valence-electron chi connectivity index (χ2n) is 3.72. The highest BCUT2D eigenvalue weighted by Crippen LogP contribution is 2.10. The van der Waals surface area contributed by atoms with Gasteiger partial charge in [-0.05, 0) is 31.4 Å². The second-order valence-corrected chi connectivity index (χ2v) is 3.72. The van der Waals surface area contributed by atoms with Crippen LogP contribution in [0.1, 0.15) is 25.2 Å². The van der Waals surface area contributed by atoms with Gasteiger partial charge in [0.25, 0.3) is 0 Å². The molecule has 1 N–H and O–H groups in total. The molecule has 1 aromatic rings. The van der Waals surface area contributed by atoms with Gasteiger partial charge in [0, 0.05) is 0 Å². The van der Waals surface area contributed by atoms with Gasteiger partial charge in [-0.2, -0.15) is 0 Å². The average molecular weight is 213 g/mol. The predicted octanol–water partition coefficient (Wildman–Crippen LogP) is -0.230. The predicted molar refractivity (Wildman–Crippen MR) is 52.2 cm³/mol. The summed E-state index contributed by atoms with van der Waals surface area (Å²) in [6.45, 7) is 2.38. The van der Waals surface area contributed by atoms with Gasteiger partial charge >= 0.3 is 5.97 Å². The molecule has 1 atom stereocenters. The van der Waals surface area contributed by atoms with Gasteiger partial charge in [0.1, 0.15) is 0 Å². The first-order valence-corrected chi connectivity index (χ1v) is 4.64. The highest BCUT2D eigenvalue weighted by molar-refractivity contribution is 5.67. The molecule has 0 aliphatic rings. The van der Waals surface area contributed by atoms with E-state index in [0.717, 1.165) is 0 Å². The minimum Gasteiger partial charge on any atom is -0.481 e. The van der Waals surface area contributed by atoms with E-state index in [2.05, 4.69) is 15.5 Å². The molecule has 0 saturated carbocycles. The van der Waals surface area contributed by atoms with Gasteiger partial charge in [0.15, 0.2) is 5.82 Å². The summed E-state index contributed by atoms with van der Waals surface area (Å²) < 4.78 is 1.55. The van der Waals surface area contributed by atoms with Gasteiger partial charge in [-0.25, -0.2) is 4.68 Å². The number of aliphatic carboxylic acids is 1. The van der Waals surface area contributed by atoms with E-state index in [1.807, 2.05) is 19.0 Å². The fourth-order valence-corrected chi connectivity index (χ4v) is 1.28. The maximum absolute atomic E-state index is 10.5. The lowest BCUT2D eigenvalue weighted by Gasteiger charge is -2.13. The number of hydrogen-bond donors (Lipinski definition) is 1. The molecule has 0 aliphatic carbocycles. The molecule has 1 heterocycles. The second kappa shape index (κ2) is 4.83. The summed E-state index contributed by atoms with van der Waals surface area (Å²) in [4.78, 5) is 12.5.